The molecule has 0 aliphatic rings. The van der Waals surface area contributed by atoms with E-state index in [2.05, 4.69) is 35.0 Å². The Morgan fingerprint density at radius 1 is 0.865 bits per heavy atom. The summed E-state index contributed by atoms with van der Waals surface area (Å²) in [5.74, 6) is -0.620. The first-order valence-corrected chi connectivity index (χ1v) is 12.4. The molecule has 0 spiro atoms. The molecule has 1 heterocycles. The number of benzene rings is 4. The first-order chi connectivity index (χ1) is 18.0. The fourth-order valence-electron chi connectivity index (χ4n) is 4.68. The van der Waals surface area contributed by atoms with Crippen LogP contribution in [0.15, 0.2) is 109 Å². The molecule has 0 saturated heterocycles. The van der Waals surface area contributed by atoms with E-state index in [9.17, 15) is 15.0 Å². The number of aliphatic hydroxyl groups is 1. The summed E-state index contributed by atoms with van der Waals surface area (Å²) in [5.41, 5.74) is 4.36. The maximum Gasteiger partial charge on any atom is 0.335 e. The Hall–Kier alpha value is -4.06. The lowest BCUT2D eigenvalue weighted by molar-refractivity contribution is 0.0696. The third-order valence-corrected chi connectivity index (χ3v) is 6.60. The third-order valence-electron chi connectivity index (χ3n) is 6.37. The summed E-state index contributed by atoms with van der Waals surface area (Å²) in [4.78, 5) is 11.2. The van der Waals surface area contributed by atoms with Gasteiger partial charge in [-0.2, -0.15) is 0 Å². The molecule has 1 unspecified atom stereocenters. The van der Waals surface area contributed by atoms with E-state index in [0.717, 1.165) is 27.6 Å². The Labute approximate surface area is 220 Å². The minimum atomic E-state index is -1.02. The normalized spacial score (nSPS) is 12.1. The van der Waals surface area contributed by atoms with Gasteiger partial charge >= 0.3 is 5.97 Å². The number of hydrogen-bond acceptors (Lipinski definition) is 3. The second kappa shape index (κ2) is 10.9. The van der Waals surface area contributed by atoms with Crippen molar-refractivity contribution in [1.29, 1.82) is 0 Å². The van der Waals surface area contributed by atoms with E-state index in [4.69, 9.17) is 16.3 Å². The molecule has 0 radical (unpaired) electrons. The van der Waals surface area contributed by atoms with Gasteiger partial charge in [-0.15, -0.1) is 0 Å². The van der Waals surface area contributed by atoms with Crippen molar-refractivity contribution < 1.29 is 19.7 Å². The van der Waals surface area contributed by atoms with Gasteiger partial charge in [0.15, 0.2) is 0 Å². The molecule has 5 nitrogen and oxygen atoms in total. The molecule has 6 heteroatoms. The van der Waals surface area contributed by atoms with E-state index in [-0.39, 0.29) is 18.2 Å². The van der Waals surface area contributed by atoms with Crippen molar-refractivity contribution in [3.63, 3.8) is 0 Å². The molecule has 0 fully saturated rings. The lowest BCUT2D eigenvalue weighted by atomic mass is 9.98. The lowest BCUT2D eigenvalue weighted by Gasteiger charge is -2.21. The lowest BCUT2D eigenvalue weighted by Crippen LogP contribution is -2.20. The molecule has 1 atom stereocenters. The molecular weight excluding hydrogens is 486 g/mol. The van der Waals surface area contributed by atoms with Crippen LogP contribution in [0.3, 0.4) is 0 Å². The predicted octanol–water partition coefficient (Wildman–Crippen LogP) is 6.61. The summed E-state index contributed by atoms with van der Waals surface area (Å²) in [7, 11) is 0. The number of fused-ring (bicyclic) bond motifs is 1. The van der Waals surface area contributed by atoms with Crippen molar-refractivity contribution in [3.05, 3.63) is 137 Å². The smallest absolute Gasteiger partial charge is 0.335 e. The van der Waals surface area contributed by atoms with Gasteiger partial charge in [-0.1, -0.05) is 84.4 Å². The van der Waals surface area contributed by atoms with Crippen molar-refractivity contribution in [2.75, 3.05) is 6.61 Å². The molecular formula is C31H26ClNO4. The van der Waals surface area contributed by atoms with Gasteiger partial charge in [-0.05, 0) is 47.0 Å². The highest BCUT2D eigenvalue weighted by Gasteiger charge is 2.21. The Morgan fingerprint density at radius 3 is 2.19 bits per heavy atom. The topological polar surface area (TPSA) is 71.7 Å². The first-order valence-electron chi connectivity index (χ1n) is 12.0. The molecule has 5 aromatic rings. The number of carbonyl (C=O) groups is 1. The number of halogens is 1. The van der Waals surface area contributed by atoms with E-state index in [1.807, 2.05) is 54.6 Å². The van der Waals surface area contributed by atoms with E-state index < -0.39 is 12.1 Å². The largest absolute Gasteiger partial charge is 0.491 e. The molecule has 4 aromatic carbocycles. The van der Waals surface area contributed by atoms with Crippen molar-refractivity contribution in [3.8, 4) is 5.75 Å². The van der Waals surface area contributed by atoms with E-state index in [1.54, 1.807) is 12.1 Å². The Bertz CT molecular complexity index is 1480. The Morgan fingerprint density at radius 2 is 1.54 bits per heavy atom. The summed E-state index contributed by atoms with van der Waals surface area (Å²) in [6, 6.07) is 32.6. The van der Waals surface area contributed by atoms with Crippen LogP contribution in [-0.2, 0) is 6.42 Å². The zero-order valence-electron chi connectivity index (χ0n) is 20.0. The van der Waals surface area contributed by atoms with Crippen LogP contribution in [0.25, 0.3) is 10.9 Å². The minimum absolute atomic E-state index is 0.0319. The van der Waals surface area contributed by atoms with Gasteiger partial charge in [0.2, 0.25) is 0 Å². The average molecular weight is 512 g/mol. The SMILES string of the molecule is O=C(O)c1cccc(OCC(O)Cc2cn(C(c3ccccc3)c3ccccc3)c3cc(Cl)ccc23)c1. The van der Waals surface area contributed by atoms with Crippen LogP contribution in [0.2, 0.25) is 5.02 Å². The van der Waals surface area contributed by atoms with E-state index in [1.165, 1.54) is 12.1 Å². The van der Waals surface area contributed by atoms with Gasteiger partial charge in [0.1, 0.15) is 12.4 Å². The maximum atomic E-state index is 11.2. The quantitative estimate of drug-likeness (QED) is 0.233. The van der Waals surface area contributed by atoms with Crippen LogP contribution in [0.5, 0.6) is 5.75 Å². The van der Waals surface area contributed by atoms with Gasteiger partial charge < -0.3 is 19.5 Å². The number of aromatic nitrogens is 1. The number of nitrogens with zero attached hydrogens (tertiary/aromatic N) is 1. The standard InChI is InChI=1S/C31H26ClNO4/c32-25-14-15-28-24(16-26(34)20-37-27-13-7-12-23(17-27)31(35)36)19-33(29(28)18-25)30(21-8-3-1-4-9-21)22-10-5-2-6-11-22/h1-15,17-19,26,30,34H,16,20H2,(H,35,36). The Balaban J connectivity index is 1.47. The molecule has 0 bridgehead atoms. The molecule has 37 heavy (non-hydrogen) atoms. The minimum Gasteiger partial charge on any atom is -0.491 e. The monoisotopic (exact) mass is 511 g/mol. The summed E-state index contributed by atoms with van der Waals surface area (Å²) >= 11 is 6.43. The van der Waals surface area contributed by atoms with Gasteiger partial charge in [0, 0.05) is 23.0 Å². The molecule has 0 amide bonds. The van der Waals surface area contributed by atoms with Crippen molar-refractivity contribution in [1.82, 2.24) is 4.57 Å². The van der Waals surface area contributed by atoms with Gasteiger partial charge in [0.05, 0.1) is 23.2 Å². The second-order valence-corrected chi connectivity index (χ2v) is 9.39. The number of ether oxygens (including phenoxy) is 1. The highest BCUT2D eigenvalue weighted by Crippen LogP contribution is 2.34. The molecule has 0 aliphatic carbocycles. The summed E-state index contributed by atoms with van der Waals surface area (Å²) in [6.07, 6.45) is 1.65. The van der Waals surface area contributed by atoms with E-state index >= 15 is 0 Å². The zero-order chi connectivity index (χ0) is 25.8. The van der Waals surface area contributed by atoms with E-state index in [0.29, 0.717) is 17.2 Å². The summed E-state index contributed by atoms with van der Waals surface area (Å²) in [6.45, 7) is 0.0319. The van der Waals surface area contributed by atoms with Crippen LogP contribution in [0, 0.1) is 0 Å². The van der Waals surface area contributed by atoms with Crippen molar-refractivity contribution in [2.24, 2.45) is 0 Å². The van der Waals surface area contributed by atoms with Crippen LogP contribution in [0.1, 0.15) is 33.1 Å². The van der Waals surface area contributed by atoms with Gasteiger partial charge in [-0.3, -0.25) is 0 Å². The van der Waals surface area contributed by atoms with Gasteiger partial charge in [-0.25, -0.2) is 4.79 Å². The van der Waals surface area contributed by atoms with Gasteiger partial charge in [0.25, 0.3) is 0 Å². The van der Waals surface area contributed by atoms with Crippen molar-refractivity contribution >= 4 is 28.5 Å². The number of carboxylic acids is 1. The molecule has 0 aliphatic heterocycles. The fourth-order valence-corrected chi connectivity index (χ4v) is 4.85. The van der Waals surface area contributed by atoms with Crippen LogP contribution in [0.4, 0.5) is 0 Å². The molecule has 186 valence electrons. The molecule has 5 rings (SSSR count). The average Bonchev–Trinajstić information content (AvgIpc) is 3.25. The predicted molar refractivity (Wildman–Crippen MR) is 146 cm³/mol. The molecule has 2 N–H and O–H groups in total. The molecule has 0 saturated carbocycles. The highest BCUT2D eigenvalue weighted by atomic mass is 35.5. The fraction of sp³-hybridized carbons (Fsp3) is 0.129. The molecule has 1 aromatic heterocycles. The highest BCUT2D eigenvalue weighted by molar-refractivity contribution is 6.31. The third kappa shape index (κ3) is 5.53. The van der Waals surface area contributed by atoms with Crippen molar-refractivity contribution in [2.45, 2.75) is 18.6 Å². The summed E-state index contributed by atoms with van der Waals surface area (Å²) in [5, 5.41) is 21.7. The van der Waals surface area contributed by atoms with Crippen LogP contribution >= 0.6 is 11.6 Å². The zero-order valence-corrected chi connectivity index (χ0v) is 20.8. The number of aliphatic hydroxyl groups excluding tert-OH is 1. The number of rotatable bonds is 9. The second-order valence-electron chi connectivity index (χ2n) is 8.95. The first kappa shape index (κ1) is 24.6. The number of carboxylic acid groups (broad SMARTS) is 1. The van der Waals surface area contributed by atoms with Crippen LogP contribution < -0.4 is 4.74 Å². The summed E-state index contributed by atoms with van der Waals surface area (Å²) < 4.78 is 7.93. The number of aromatic carboxylic acids is 1. The maximum absolute atomic E-state index is 11.2. The Kier molecular flexibility index (Phi) is 7.26. The van der Waals surface area contributed by atoms with Crippen LogP contribution in [-0.4, -0.2) is 33.5 Å². The number of hydrogen-bond donors (Lipinski definition) is 2.